The number of halogens is 1. The zero-order valence-electron chi connectivity index (χ0n) is 11.4. The van der Waals surface area contributed by atoms with Crippen molar-refractivity contribution in [2.45, 2.75) is 32.9 Å². The summed E-state index contributed by atoms with van der Waals surface area (Å²) in [6, 6.07) is 2.12. The van der Waals surface area contributed by atoms with Crippen LogP contribution in [0.5, 0.6) is 0 Å². The van der Waals surface area contributed by atoms with E-state index in [-0.39, 0.29) is 6.04 Å². The van der Waals surface area contributed by atoms with Crippen molar-refractivity contribution in [3.05, 3.63) is 33.5 Å². The summed E-state index contributed by atoms with van der Waals surface area (Å²) in [5.41, 5.74) is 0. The molecule has 0 aliphatic rings. The van der Waals surface area contributed by atoms with E-state index in [4.69, 9.17) is 11.6 Å². The highest BCUT2D eigenvalue weighted by molar-refractivity contribution is 7.10. The van der Waals surface area contributed by atoms with Crippen LogP contribution < -0.4 is 5.32 Å². The Balaban J connectivity index is 2.15. The normalized spacial score (nSPS) is 13.1. The van der Waals surface area contributed by atoms with Gasteiger partial charge in [0.2, 0.25) is 0 Å². The van der Waals surface area contributed by atoms with Gasteiger partial charge in [-0.25, -0.2) is 9.67 Å². The number of hydrogen-bond acceptors (Lipinski definition) is 4. The Bertz CT molecular complexity index is 520. The van der Waals surface area contributed by atoms with Gasteiger partial charge in [-0.2, -0.15) is 5.10 Å². The maximum atomic E-state index is 6.21. The van der Waals surface area contributed by atoms with Gasteiger partial charge >= 0.3 is 0 Å². The van der Waals surface area contributed by atoms with Crippen LogP contribution in [0.3, 0.4) is 0 Å². The Morgan fingerprint density at radius 1 is 1.47 bits per heavy atom. The average Bonchev–Trinajstić information content (AvgIpc) is 2.95. The first-order chi connectivity index (χ1) is 9.11. The SMILES string of the molecule is CNC(Cc1ncnn1CC(C)C)c1sccc1Cl. The lowest BCUT2D eigenvalue weighted by atomic mass is 10.1. The molecule has 0 aliphatic heterocycles. The standard InChI is InChI=1S/C13H19ClN4S/c1-9(2)7-18-12(16-8-17-18)6-11(15-3)13-10(14)4-5-19-13/h4-5,8-9,11,15H,6-7H2,1-3H3. The first-order valence-corrected chi connectivity index (χ1v) is 7.64. The summed E-state index contributed by atoms with van der Waals surface area (Å²) in [4.78, 5) is 5.53. The number of nitrogens with zero attached hydrogens (tertiary/aromatic N) is 3. The molecule has 6 heteroatoms. The molecule has 1 unspecified atom stereocenters. The minimum absolute atomic E-state index is 0.183. The summed E-state index contributed by atoms with van der Waals surface area (Å²) >= 11 is 7.88. The van der Waals surface area contributed by atoms with Gasteiger partial charge in [0.25, 0.3) is 0 Å². The number of hydrogen-bond donors (Lipinski definition) is 1. The van der Waals surface area contributed by atoms with Gasteiger partial charge in [0, 0.05) is 23.9 Å². The van der Waals surface area contributed by atoms with Crippen LogP contribution in [-0.2, 0) is 13.0 Å². The fourth-order valence-corrected chi connectivity index (χ4v) is 3.31. The molecule has 0 saturated carbocycles. The van der Waals surface area contributed by atoms with Gasteiger partial charge in [-0.3, -0.25) is 0 Å². The topological polar surface area (TPSA) is 42.7 Å². The van der Waals surface area contributed by atoms with Crippen LogP contribution in [0.15, 0.2) is 17.8 Å². The predicted octanol–water partition coefficient (Wildman–Crippen LogP) is 3.15. The largest absolute Gasteiger partial charge is 0.312 e. The summed E-state index contributed by atoms with van der Waals surface area (Å²) in [6.45, 7) is 5.25. The third kappa shape index (κ3) is 3.55. The maximum Gasteiger partial charge on any atom is 0.138 e. The summed E-state index contributed by atoms with van der Waals surface area (Å²) in [5, 5.41) is 10.4. The number of thiophene rings is 1. The first kappa shape index (κ1) is 14.5. The predicted molar refractivity (Wildman–Crippen MR) is 79.7 cm³/mol. The Kier molecular flexibility index (Phi) is 4.96. The van der Waals surface area contributed by atoms with Crippen LogP contribution in [0.4, 0.5) is 0 Å². The van der Waals surface area contributed by atoms with Crippen molar-refractivity contribution in [1.82, 2.24) is 20.1 Å². The minimum Gasteiger partial charge on any atom is -0.312 e. The molecule has 0 fully saturated rings. The lowest BCUT2D eigenvalue weighted by molar-refractivity contribution is 0.452. The molecule has 4 nitrogen and oxygen atoms in total. The number of rotatable bonds is 6. The number of aromatic nitrogens is 3. The molecule has 104 valence electrons. The minimum atomic E-state index is 0.183. The van der Waals surface area contributed by atoms with Gasteiger partial charge < -0.3 is 5.32 Å². The molecule has 19 heavy (non-hydrogen) atoms. The van der Waals surface area contributed by atoms with Crippen LogP contribution >= 0.6 is 22.9 Å². The van der Waals surface area contributed by atoms with Crippen LogP contribution in [0.25, 0.3) is 0 Å². The fraction of sp³-hybridized carbons (Fsp3) is 0.538. The molecule has 0 amide bonds. The van der Waals surface area contributed by atoms with Crippen molar-refractivity contribution in [1.29, 1.82) is 0 Å². The van der Waals surface area contributed by atoms with E-state index in [1.807, 2.05) is 23.2 Å². The molecule has 2 heterocycles. The molecule has 0 radical (unpaired) electrons. The second-order valence-electron chi connectivity index (χ2n) is 4.93. The molecule has 1 atom stereocenters. The van der Waals surface area contributed by atoms with Gasteiger partial charge in [-0.1, -0.05) is 25.4 Å². The van der Waals surface area contributed by atoms with Crippen molar-refractivity contribution in [2.24, 2.45) is 5.92 Å². The van der Waals surface area contributed by atoms with Crippen LogP contribution in [0, 0.1) is 5.92 Å². The van der Waals surface area contributed by atoms with Crippen molar-refractivity contribution < 1.29 is 0 Å². The summed E-state index contributed by atoms with van der Waals surface area (Å²) in [6.07, 6.45) is 2.42. The van der Waals surface area contributed by atoms with E-state index < -0.39 is 0 Å². The highest BCUT2D eigenvalue weighted by Crippen LogP contribution is 2.30. The number of nitrogens with one attached hydrogen (secondary N) is 1. The molecule has 0 aromatic carbocycles. The van der Waals surface area contributed by atoms with E-state index in [1.54, 1.807) is 17.7 Å². The Morgan fingerprint density at radius 3 is 2.84 bits per heavy atom. The average molecular weight is 299 g/mol. The highest BCUT2D eigenvalue weighted by atomic mass is 35.5. The maximum absolute atomic E-state index is 6.21. The lowest BCUT2D eigenvalue weighted by Gasteiger charge is -2.16. The monoisotopic (exact) mass is 298 g/mol. The van der Waals surface area contributed by atoms with Gasteiger partial charge in [0.15, 0.2) is 0 Å². The van der Waals surface area contributed by atoms with Crippen molar-refractivity contribution >= 4 is 22.9 Å². The van der Waals surface area contributed by atoms with E-state index in [0.717, 1.165) is 28.7 Å². The number of likely N-dealkylation sites (N-methyl/N-ethyl adjacent to an activating group) is 1. The summed E-state index contributed by atoms with van der Waals surface area (Å²) in [5.74, 6) is 1.55. The zero-order chi connectivity index (χ0) is 13.8. The molecule has 0 aliphatic carbocycles. The van der Waals surface area contributed by atoms with E-state index in [9.17, 15) is 0 Å². The fourth-order valence-electron chi connectivity index (χ4n) is 2.01. The quantitative estimate of drug-likeness (QED) is 0.891. The van der Waals surface area contributed by atoms with Crippen LogP contribution in [-0.4, -0.2) is 21.8 Å². The van der Waals surface area contributed by atoms with E-state index in [1.165, 1.54) is 0 Å². The van der Waals surface area contributed by atoms with Crippen molar-refractivity contribution in [3.8, 4) is 0 Å². The molecule has 0 spiro atoms. The molecule has 2 rings (SSSR count). The van der Waals surface area contributed by atoms with Crippen molar-refractivity contribution in [3.63, 3.8) is 0 Å². The molecular weight excluding hydrogens is 280 g/mol. The van der Waals surface area contributed by atoms with Gasteiger partial charge in [-0.05, 0) is 24.4 Å². The van der Waals surface area contributed by atoms with E-state index in [2.05, 4.69) is 29.2 Å². The summed E-state index contributed by atoms with van der Waals surface area (Å²) < 4.78 is 1.98. The highest BCUT2D eigenvalue weighted by Gasteiger charge is 2.18. The Labute approximate surface area is 122 Å². The molecule has 1 N–H and O–H groups in total. The van der Waals surface area contributed by atoms with E-state index in [0.29, 0.717) is 5.92 Å². The van der Waals surface area contributed by atoms with Crippen molar-refractivity contribution in [2.75, 3.05) is 7.05 Å². The van der Waals surface area contributed by atoms with Crippen LogP contribution in [0.2, 0.25) is 5.02 Å². The van der Waals surface area contributed by atoms with Gasteiger partial charge in [0.1, 0.15) is 12.2 Å². The molecule has 2 aromatic rings. The second kappa shape index (κ2) is 6.50. The lowest BCUT2D eigenvalue weighted by Crippen LogP contribution is -2.21. The van der Waals surface area contributed by atoms with Gasteiger partial charge in [0.05, 0.1) is 5.02 Å². The molecule has 2 aromatic heterocycles. The zero-order valence-corrected chi connectivity index (χ0v) is 13.0. The third-order valence-electron chi connectivity index (χ3n) is 2.93. The van der Waals surface area contributed by atoms with E-state index >= 15 is 0 Å². The molecular formula is C13H19ClN4S. The van der Waals surface area contributed by atoms with Gasteiger partial charge in [-0.15, -0.1) is 11.3 Å². The Morgan fingerprint density at radius 2 is 2.26 bits per heavy atom. The van der Waals surface area contributed by atoms with Crippen LogP contribution in [0.1, 0.15) is 30.6 Å². The summed E-state index contributed by atoms with van der Waals surface area (Å²) in [7, 11) is 1.95. The smallest absolute Gasteiger partial charge is 0.138 e. The Hall–Kier alpha value is -0.910. The molecule has 0 saturated heterocycles. The third-order valence-corrected chi connectivity index (χ3v) is 4.40. The first-order valence-electron chi connectivity index (χ1n) is 6.38. The second-order valence-corrected chi connectivity index (χ2v) is 6.29. The molecule has 0 bridgehead atoms.